The predicted octanol–water partition coefficient (Wildman–Crippen LogP) is 2.23. The molecule has 0 aromatic heterocycles. The molecule has 88 valence electrons. The van der Waals surface area contributed by atoms with Gasteiger partial charge in [0.25, 0.3) is 0 Å². The molecular weight excluding hydrogens is 226 g/mol. The smallest absolute Gasteiger partial charge is 0.307 e. The molecule has 16 heavy (non-hydrogen) atoms. The largest absolute Gasteiger partial charge is 0.481 e. The van der Waals surface area contributed by atoms with Crippen LogP contribution in [0.25, 0.3) is 0 Å². The lowest BCUT2D eigenvalue weighted by molar-refractivity contribution is -0.142. The summed E-state index contributed by atoms with van der Waals surface area (Å²) in [6.45, 7) is 0.578. The number of carboxylic acid groups (broad SMARTS) is 1. The molecule has 0 radical (unpaired) electrons. The van der Waals surface area contributed by atoms with Gasteiger partial charge >= 0.3 is 5.97 Å². The highest BCUT2D eigenvalue weighted by Gasteiger charge is 2.25. The number of hydrogen-bond donors (Lipinski definition) is 2. The highest BCUT2D eigenvalue weighted by Crippen LogP contribution is 2.25. The van der Waals surface area contributed by atoms with Crippen molar-refractivity contribution in [1.82, 2.24) is 5.32 Å². The van der Waals surface area contributed by atoms with Crippen LogP contribution in [0.4, 0.5) is 0 Å². The summed E-state index contributed by atoms with van der Waals surface area (Å²) in [6, 6.07) is 10.5. The third-order valence-electron chi connectivity index (χ3n) is 2.97. The van der Waals surface area contributed by atoms with Crippen molar-refractivity contribution >= 4 is 18.4 Å². The number of piperidine rings is 1. The first-order valence-corrected chi connectivity index (χ1v) is 5.28. The first kappa shape index (κ1) is 13.0. The molecule has 1 fully saturated rings. The summed E-state index contributed by atoms with van der Waals surface area (Å²) in [5, 5.41) is 12.1. The molecule has 1 aromatic rings. The van der Waals surface area contributed by atoms with Gasteiger partial charge in [0, 0.05) is 12.6 Å². The van der Waals surface area contributed by atoms with Crippen LogP contribution in [0.1, 0.15) is 24.4 Å². The van der Waals surface area contributed by atoms with Gasteiger partial charge < -0.3 is 10.4 Å². The van der Waals surface area contributed by atoms with Gasteiger partial charge in [0.2, 0.25) is 0 Å². The quantitative estimate of drug-likeness (QED) is 0.835. The van der Waals surface area contributed by atoms with Crippen LogP contribution in [-0.2, 0) is 4.79 Å². The average Bonchev–Trinajstić information content (AvgIpc) is 2.30. The third kappa shape index (κ3) is 2.97. The van der Waals surface area contributed by atoms with Crippen LogP contribution in [0.5, 0.6) is 0 Å². The average molecular weight is 242 g/mol. The van der Waals surface area contributed by atoms with E-state index in [2.05, 4.69) is 17.4 Å². The third-order valence-corrected chi connectivity index (χ3v) is 2.97. The van der Waals surface area contributed by atoms with Crippen LogP contribution in [0.2, 0.25) is 0 Å². The van der Waals surface area contributed by atoms with Gasteiger partial charge in [0.15, 0.2) is 0 Å². The normalized spacial score (nSPS) is 24.5. The lowest BCUT2D eigenvalue weighted by Crippen LogP contribution is -2.36. The van der Waals surface area contributed by atoms with Crippen molar-refractivity contribution < 1.29 is 9.90 Å². The Morgan fingerprint density at radius 3 is 2.44 bits per heavy atom. The second-order valence-electron chi connectivity index (χ2n) is 3.98. The summed E-state index contributed by atoms with van der Waals surface area (Å²) in [5.41, 5.74) is 1.25. The van der Waals surface area contributed by atoms with Gasteiger partial charge in [-0.3, -0.25) is 4.79 Å². The van der Waals surface area contributed by atoms with E-state index in [0.29, 0.717) is 12.6 Å². The number of aliphatic carboxylic acids is 1. The second kappa shape index (κ2) is 5.87. The van der Waals surface area contributed by atoms with Crippen molar-refractivity contribution in [2.75, 3.05) is 6.54 Å². The number of nitrogens with one attached hydrogen (secondary N) is 1. The molecule has 0 saturated carbocycles. The van der Waals surface area contributed by atoms with Crippen LogP contribution in [0, 0.1) is 5.92 Å². The molecule has 0 bridgehead atoms. The Bertz CT molecular complexity index is 334. The molecule has 3 nitrogen and oxygen atoms in total. The van der Waals surface area contributed by atoms with Gasteiger partial charge in [-0.25, -0.2) is 0 Å². The van der Waals surface area contributed by atoms with Crippen molar-refractivity contribution in [2.24, 2.45) is 5.92 Å². The topological polar surface area (TPSA) is 49.3 Å². The number of halogens is 1. The van der Waals surface area contributed by atoms with E-state index in [4.69, 9.17) is 5.11 Å². The number of hydrogen-bond acceptors (Lipinski definition) is 2. The van der Waals surface area contributed by atoms with E-state index < -0.39 is 5.97 Å². The maximum Gasteiger partial charge on any atom is 0.307 e. The van der Waals surface area contributed by atoms with Crippen molar-refractivity contribution in [3.8, 4) is 0 Å². The van der Waals surface area contributed by atoms with Crippen molar-refractivity contribution in [3.63, 3.8) is 0 Å². The zero-order valence-electron chi connectivity index (χ0n) is 8.93. The Kier molecular flexibility index (Phi) is 4.77. The minimum atomic E-state index is -0.686. The minimum absolute atomic E-state index is 0. The molecule has 1 heterocycles. The van der Waals surface area contributed by atoms with Crippen LogP contribution < -0.4 is 5.32 Å². The van der Waals surface area contributed by atoms with E-state index in [1.807, 2.05) is 18.2 Å². The molecule has 1 saturated heterocycles. The first-order valence-electron chi connectivity index (χ1n) is 5.28. The Labute approximate surface area is 101 Å². The van der Waals surface area contributed by atoms with E-state index in [1.54, 1.807) is 0 Å². The molecule has 2 atom stereocenters. The zero-order chi connectivity index (χ0) is 10.7. The van der Waals surface area contributed by atoms with Gasteiger partial charge in [0.1, 0.15) is 0 Å². The lowest BCUT2D eigenvalue weighted by atomic mass is 9.91. The second-order valence-corrected chi connectivity index (χ2v) is 3.98. The number of carbonyl (C=O) groups is 1. The molecule has 4 heteroatoms. The fraction of sp³-hybridized carbons (Fsp3) is 0.417. The Balaban J connectivity index is 0.00000128. The molecule has 0 unspecified atom stereocenters. The molecule has 2 N–H and O–H groups in total. The highest BCUT2D eigenvalue weighted by molar-refractivity contribution is 5.85. The van der Waals surface area contributed by atoms with E-state index in [-0.39, 0.29) is 18.3 Å². The summed E-state index contributed by atoms with van der Waals surface area (Å²) in [4.78, 5) is 10.8. The lowest BCUT2D eigenvalue weighted by Gasteiger charge is -2.27. The standard InChI is InChI=1S/C12H15NO2.ClH/c14-12(15)10-6-7-11(13-8-10)9-4-2-1-3-5-9;/h1-5,10-11,13H,6-8H2,(H,14,15);1H/t10-,11+;/m0./s1. The first-order chi connectivity index (χ1) is 7.27. The van der Waals surface area contributed by atoms with E-state index in [9.17, 15) is 4.79 Å². The predicted molar refractivity (Wildman–Crippen MR) is 64.8 cm³/mol. The van der Waals surface area contributed by atoms with Crippen LogP contribution >= 0.6 is 12.4 Å². The Morgan fingerprint density at radius 2 is 1.94 bits per heavy atom. The Hall–Kier alpha value is -1.06. The van der Waals surface area contributed by atoms with Crippen molar-refractivity contribution in [3.05, 3.63) is 35.9 Å². The molecule has 1 aliphatic heterocycles. The van der Waals surface area contributed by atoms with Crippen LogP contribution in [0.3, 0.4) is 0 Å². The van der Waals surface area contributed by atoms with Gasteiger partial charge in [0.05, 0.1) is 5.92 Å². The molecule has 0 amide bonds. The summed E-state index contributed by atoms with van der Waals surface area (Å²) < 4.78 is 0. The SMILES string of the molecule is Cl.O=C(O)[C@H]1CC[C@H](c2ccccc2)NC1. The van der Waals surface area contributed by atoms with Gasteiger partial charge in [-0.2, -0.15) is 0 Å². The van der Waals surface area contributed by atoms with E-state index in [1.165, 1.54) is 5.56 Å². The maximum atomic E-state index is 10.8. The van der Waals surface area contributed by atoms with Crippen LogP contribution in [-0.4, -0.2) is 17.6 Å². The minimum Gasteiger partial charge on any atom is -0.481 e. The molecule has 1 aliphatic rings. The highest BCUT2D eigenvalue weighted by atomic mass is 35.5. The molecule has 0 spiro atoms. The summed E-state index contributed by atoms with van der Waals surface area (Å²) >= 11 is 0. The summed E-state index contributed by atoms with van der Waals surface area (Å²) in [5.74, 6) is -0.904. The van der Waals surface area contributed by atoms with Gasteiger partial charge in [-0.1, -0.05) is 30.3 Å². The van der Waals surface area contributed by atoms with Crippen molar-refractivity contribution in [1.29, 1.82) is 0 Å². The Morgan fingerprint density at radius 1 is 1.25 bits per heavy atom. The fourth-order valence-electron chi connectivity index (χ4n) is 2.04. The van der Waals surface area contributed by atoms with Crippen LogP contribution in [0.15, 0.2) is 30.3 Å². The van der Waals surface area contributed by atoms with Gasteiger partial charge in [-0.15, -0.1) is 12.4 Å². The maximum absolute atomic E-state index is 10.8. The van der Waals surface area contributed by atoms with E-state index >= 15 is 0 Å². The van der Waals surface area contributed by atoms with Gasteiger partial charge in [-0.05, 0) is 18.4 Å². The molecule has 2 rings (SSSR count). The van der Waals surface area contributed by atoms with E-state index in [0.717, 1.165) is 12.8 Å². The number of rotatable bonds is 2. The summed E-state index contributed by atoms with van der Waals surface area (Å²) in [7, 11) is 0. The molecule has 1 aromatic carbocycles. The zero-order valence-corrected chi connectivity index (χ0v) is 9.74. The summed E-state index contributed by atoms with van der Waals surface area (Å²) in [6.07, 6.45) is 1.67. The molecule has 0 aliphatic carbocycles. The fourth-order valence-corrected chi connectivity index (χ4v) is 2.04. The molecular formula is C12H16ClNO2. The number of carboxylic acids is 1. The van der Waals surface area contributed by atoms with Crippen molar-refractivity contribution in [2.45, 2.75) is 18.9 Å². The monoisotopic (exact) mass is 241 g/mol. The number of benzene rings is 1.